The average molecular weight is 389 g/mol. The van der Waals surface area contributed by atoms with Gasteiger partial charge in [0.05, 0.1) is 42.8 Å². The Morgan fingerprint density at radius 3 is 2.83 bits per heavy atom. The molecule has 0 aliphatic rings. The average Bonchev–Trinajstić information content (AvgIpc) is 3.29. The number of imidazole rings is 1. The van der Waals surface area contributed by atoms with Gasteiger partial charge in [-0.05, 0) is 30.7 Å². The Kier molecular flexibility index (Phi) is 3.94. The number of ether oxygens (including phenoxy) is 1. The second-order valence-corrected chi connectivity index (χ2v) is 6.60. The molecule has 0 saturated heterocycles. The normalized spacial score (nSPS) is 11.4. The zero-order chi connectivity index (χ0) is 20.0. The summed E-state index contributed by atoms with van der Waals surface area (Å²) in [5, 5.41) is 0. The Bertz CT molecular complexity index is 1360. The lowest BCUT2D eigenvalue weighted by atomic mass is 10.2. The molecule has 29 heavy (non-hydrogen) atoms. The van der Waals surface area contributed by atoms with Crippen LogP contribution in [0.15, 0.2) is 49.3 Å². The number of pyridine rings is 2. The zero-order valence-corrected chi connectivity index (χ0v) is 15.7. The maximum Gasteiger partial charge on any atom is 0.241 e. The molecular formula is C20H16FN7O. The maximum absolute atomic E-state index is 13.6. The van der Waals surface area contributed by atoms with Crippen LogP contribution >= 0.6 is 0 Å². The highest BCUT2D eigenvalue weighted by Crippen LogP contribution is 2.27. The van der Waals surface area contributed by atoms with E-state index in [4.69, 9.17) is 4.74 Å². The molecule has 5 aromatic rings. The molecule has 0 spiro atoms. The van der Waals surface area contributed by atoms with Crippen molar-refractivity contribution in [2.24, 2.45) is 0 Å². The molecule has 0 aliphatic heterocycles. The number of hydrogen-bond acceptors (Lipinski definition) is 6. The van der Waals surface area contributed by atoms with E-state index in [1.807, 2.05) is 34.4 Å². The number of methoxy groups -OCH3 is 1. The van der Waals surface area contributed by atoms with Crippen molar-refractivity contribution in [3.8, 4) is 11.6 Å². The van der Waals surface area contributed by atoms with Crippen molar-refractivity contribution in [1.29, 1.82) is 0 Å². The van der Waals surface area contributed by atoms with Crippen LogP contribution in [0.3, 0.4) is 0 Å². The van der Waals surface area contributed by atoms with E-state index < -0.39 is 0 Å². The molecule has 0 bridgehead atoms. The van der Waals surface area contributed by atoms with Gasteiger partial charge in [0.15, 0.2) is 5.65 Å². The third kappa shape index (κ3) is 2.87. The quantitative estimate of drug-likeness (QED) is 0.470. The summed E-state index contributed by atoms with van der Waals surface area (Å²) in [6, 6.07) is 5.35. The monoisotopic (exact) mass is 389 g/mol. The number of aromatic nitrogens is 7. The SMILES string of the molecule is COc1ncnc2ccn(-c3cnc4nc(C)n(Cc5cncc(F)c5)c4c3)c12. The summed E-state index contributed by atoms with van der Waals surface area (Å²) in [6.45, 7) is 2.34. The largest absolute Gasteiger partial charge is 0.479 e. The molecule has 144 valence electrons. The fourth-order valence-electron chi connectivity index (χ4n) is 3.47. The first-order valence-electron chi connectivity index (χ1n) is 8.93. The summed E-state index contributed by atoms with van der Waals surface area (Å²) >= 11 is 0. The van der Waals surface area contributed by atoms with Gasteiger partial charge in [0.2, 0.25) is 5.88 Å². The van der Waals surface area contributed by atoms with Gasteiger partial charge in [0, 0.05) is 12.4 Å². The first-order chi connectivity index (χ1) is 14.1. The summed E-state index contributed by atoms with van der Waals surface area (Å²) in [4.78, 5) is 21.5. The molecule has 0 atom stereocenters. The number of hydrogen-bond donors (Lipinski definition) is 0. The van der Waals surface area contributed by atoms with Gasteiger partial charge in [0.1, 0.15) is 23.5 Å². The lowest BCUT2D eigenvalue weighted by molar-refractivity contribution is 0.401. The molecule has 0 aromatic carbocycles. The molecule has 0 aliphatic carbocycles. The predicted octanol–water partition coefficient (Wildman–Crippen LogP) is 3.06. The third-order valence-electron chi connectivity index (χ3n) is 4.80. The minimum Gasteiger partial charge on any atom is -0.479 e. The molecule has 0 saturated carbocycles. The molecule has 0 unspecified atom stereocenters. The van der Waals surface area contributed by atoms with Crippen molar-refractivity contribution in [2.75, 3.05) is 7.11 Å². The second kappa shape index (κ2) is 6.62. The first-order valence-corrected chi connectivity index (χ1v) is 8.93. The van der Waals surface area contributed by atoms with Crippen LogP contribution in [0.4, 0.5) is 4.39 Å². The highest BCUT2D eigenvalue weighted by molar-refractivity contribution is 5.83. The van der Waals surface area contributed by atoms with E-state index in [2.05, 4.69) is 24.9 Å². The number of rotatable bonds is 4. The van der Waals surface area contributed by atoms with Crippen LogP contribution in [0.2, 0.25) is 0 Å². The van der Waals surface area contributed by atoms with Crippen molar-refractivity contribution in [1.82, 2.24) is 34.1 Å². The van der Waals surface area contributed by atoms with Gasteiger partial charge in [-0.15, -0.1) is 0 Å². The number of nitrogens with zero attached hydrogens (tertiary/aromatic N) is 7. The fraction of sp³-hybridized carbons (Fsp3) is 0.150. The predicted molar refractivity (Wildman–Crippen MR) is 105 cm³/mol. The zero-order valence-electron chi connectivity index (χ0n) is 15.7. The standard InChI is InChI=1S/C20H16FN7O/c1-12-26-19-17(28(12)10-13-5-14(21)8-22-7-13)6-15(9-23-19)27-4-3-16-18(27)20(29-2)25-11-24-16/h3-9,11H,10H2,1-2H3. The van der Waals surface area contributed by atoms with Gasteiger partial charge in [-0.2, -0.15) is 4.98 Å². The van der Waals surface area contributed by atoms with Crippen molar-refractivity contribution in [3.63, 3.8) is 0 Å². The molecular weight excluding hydrogens is 373 g/mol. The number of halogens is 1. The summed E-state index contributed by atoms with van der Waals surface area (Å²) in [5.41, 5.74) is 4.55. The highest BCUT2D eigenvalue weighted by Gasteiger charge is 2.15. The van der Waals surface area contributed by atoms with Gasteiger partial charge in [-0.25, -0.2) is 19.3 Å². The minimum atomic E-state index is -0.366. The van der Waals surface area contributed by atoms with Crippen LogP contribution < -0.4 is 4.74 Å². The smallest absolute Gasteiger partial charge is 0.241 e. The molecule has 5 heterocycles. The highest BCUT2D eigenvalue weighted by atomic mass is 19.1. The molecule has 5 rings (SSSR count). The van der Waals surface area contributed by atoms with Gasteiger partial charge in [0.25, 0.3) is 0 Å². The molecule has 0 N–H and O–H groups in total. The van der Waals surface area contributed by atoms with E-state index in [0.29, 0.717) is 18.1 Å². The Morgan fingerprint density at radius 2 is 2.00 bits per heavy atom. The van der Waals surface area contributed by atoms with Crippen LogP contribution in [0.5, 0.6) is 5.88 Å². The number of aryl methyl sites for hydroxylation is 1. The Hall–Kier alpha value is -3.88. The summed E-state index contributed by atoms with van der Waals surface area (Å²) < 4.78 is 22.9. The Morgan fingerprint density at radius 1 is 1.10 bits per heavy atom. The van der Waals surface area contributed by atoms with E-state index in [-0.39, 0.29) is 5.82 Å². The van der Waals surface area contributed by atoms with Crippen molar-refractivity contribution < 1.29 is 9.13 Å². The van der Waals surface area contributed by atoms with Crippen molar-refractivity contribution in [2.45, 2.75) is 13.5 Å². The second-order valence-electron chi connectivity index (χ2n) is 6.60. The first kappa shape index (κ1) is 17.2. The lowest BCUT2D eigenvalue weighted by Gasteiger charge is -2.10. The maximum atomic E-state index is 13.6. The molecule has 9 heteroatoms. The molecule has 0 fully saturated rings. The number of fused-ring (bicyclic) bond motifs is 2. The molecule has 8 nitrogen and oxygen atoms in total. The van der Waals surface area contributed by atoms with Crippen LogP contribution in [-0.2, 0) is 6.54 Å². The Balaban J connectivity index is 1.66. The topological polar surface area (TPSA) is 83.5 Å². The fourth-order valence-corrected chi connectivity index (χ4v) is 3.47. The van der Waals surface area contributed by atoms with Crippen LogP contribution in [0.25, 0.3) is 27.9 Å². The molecule has 0 amide bonds. The van der Waals surface area contributed by atoms with Crippen LogP contribution in [-0.4, -0.2) is 41.2 Å². The summed E-state index contributed by atoms with van der Waals surface area (Å²) in [6.07, 6.45) is 7.95. The summed E-state index contributed by atoms with van der Waals surface area (Å²) in [7, 11) is 1.58. The van der Waals surface area contributed by atoms with E-state index in [1.165, 1.54) is 18.6 Å². The van der Waals surface area contributed by atoms with Crippen LogP contribution in [0.1, 0.15) is 11.4 Å². The van der Waals surface area contributed by atoms with E-state index in [9.17, 15) is 4.39 Å². The van der Waals surface area contributed by atoms with E-state index in [0.717, 1.165) is 33.6 Å². The lowest BCUT2D eigenvalue weighted by Crippen LogP contribution is -2.04. The molecule has 0 radical (unpaired) electrons. The van der Waals surface area contributed by atoms with Crippen LogP contribution in [0, 0.1) is 12.7 Å². The van der Waals surface area contributed by atoms with Crippen molar-refractivity contribution >= 4 is 22.2 Å². The van der Waals surface area contributed by atoms with Gasteiger partial charge < -0.3 is 13.9 Å². The third-order valence-corrected chi connectivity index (χ3v) is 4.80. The summed E-state index contributed by atoms with van der Waals surface area (Å²) in [5.74, 6) is 0.900. The Labute approximate surface area is 164 Å². The van der Waals surface area contributed by atoms with E-state index >= 15 is 0 Å². The molecule has 5 aromatic heterocycles. The van der Waals surface area contributed by atoms with Gasteiger partial charge in [-0.1, -0.05) is 0 Å². The van der Waals surface area contributed by atoms with E-state index in [1.54, 1.807) is 19.5 Å². The van der Waals surface area contributed by atoms with Gasteiger partial charge >= 0.3 is 0 Å². The minimum absolute atomic E-state index is 0.366. The van der Waals surface area contributed by atoms with Gasteiger partial charge in [-0.3, -0.25) is 4.98 Å². The van der Waals surface area contributed by atoms with Crippen molar-refractivity contribution in [3.05, 3.63) is 66.5 Å².